The number of rotatable bonds is 6. The van der Waals surface area contributed by atoms with Crippen molar-refractivity contribution < 1.29 is 27.9 Å². The van der Waals surface area contributed by atoms with Gasteiger partial charge in [0, 0.05) is 24.5 Å². The van der Waals surface area contributed by atoms with E-state index in [1.54, 1.807) is 12.1 Å². The third-order valence-electron chi connectivity index (χ3n) is 5.07. The Morgan fingerprint density at radius 2 is 1.90 bits per heavy atom. The Bertz CT molecular complexity index is 955. The van der Waals surface area contributed by atoms with Crippen LogP contribution in [0.25, 0.3) is 0 Å². The highest BCUT2D eigenvalue weighted by molar-refractivity contribution is 5.86. The number of nitrogens with zero attached hydrogens (tertiary/aromatic N) is 1. The van der Waals surface area contributed by atoms with Gasteiger partial charge < -0.3 is 15.3 Å². The quantitative estimate of drug-likeness (QED) is 0.698. The standard InChI is InChI=1S/C22H21F3N2O3/c1-2-20(28)26-12-14-10-18-15(11-21(29)30)4-3-5-19(18)27(13-14)17-8-6-16(7-9-17)22(23,24)25/h2-9,14H,1,10-13H2,(H,26,28)(H,29,30)/t14-/m1/s1. The molecule has 2 aromatic rings. The Hall–Kier alpha value is -3.29. The molecule has 0 aliphatic carbocycles. The monoisotopic (exact) mass is 418 g/mol. The van der Waals surface area contributed by atoms with Crippen LogP contribution in [0.3, 0.4) is 0 Å². The number of carbonyl (C=O) groups excluding carboxylic acids is 1. The van der Waals surface area contributed by atoms with E-state index >= 15 is 0 Å². The molecule has 0 spiro atoms. The maximum Gasteiger partial charge on any atom is 0.416 e. The number of alkyl halides is 3. The molecule has 3 rings (SSSR count). The molecular formula is C22H21F3N2O3. The highest BCUT2D eigenvalue weighted by atomic mass is 19.4. The fourth-order valence-corrected chi connectivity index (χ4v) is 3.68. The molecule has 1 atom stereocenters. The fraction of sp³-hybridized carbons (Fsp3) is 0.273. The van der Waals surface area contributed by atoms with E-state index in [1.807, 2.05) is 11.0 Å². The topological polar surface area (TPSA) is 69.6 Å². The number of aliphatic carboxylic acids is 1. The third-order valence-corrected chi connectivity index (χ3v) is 5.07. The molecule has 0 fully saturated rings. The van der Waals surface area contributed by atoms with Gasteiger partial charge in [0.1, 0.15) is 0 Å². The summed E-state index contributed by atoms with van der Waals surface area (Å²) in [5.74, 6) is -1.34. The van der Waals surface area contributed by atoms with Crippen molar-refractivity contribution in [3.63, 3.8) is 0 Å². The van der Waals surface area contributed by atoms with E-state index in [9.17, 15) is 27.9 Å². The zero-order valence-electron chi connectivity index (χ0n) is 16.1. The van der Waals surface area contributed by atoms with Crippen LogP contribution in [0.2, 0.25) is 0 Å². The third kappa shape index (κ3) is 4.82. The SMILES string of the molecule is C=CC(=O)NC[C@H]1Cc2c(CC(=O)O)cccc2N(c2ccc(C(F)(F)F)cc2)C1. The summed E-state index contributed by atoms with van der Waals surface area (Å²) >= 11 is 0. The largest absolute Gasteiger partial charge is 0.481 e. The van der Waals surface area contributed by atoms with Crippen LogP contribution in [0.15, 0.2) is 55.1 Å². The van der Waals surface area contributed by atoms with E-state index in [0.717, 1.165) is 23.4 Å². The number of hydrogen-bond acceptors (Lipinski definition) is 3. The van der Waals surface area contributed by atoms with Gasteiger partial charge in [0.15, 0.2) is 0 Å². The van der Waals surface area contributed by atoms with E-state index < -0.39 is 17.7 Å². The second kappa shape index (κ2) is 8.61. The summed E-state index contributed by atoms with van der Waals surface area (Å²) in [5, 5.41) is 12.0. The zero-order valence-corrected chi connectivity index (χ0v) is 16.1. The Morgan fingerprint density at radius 1 is 1.20 bits per heavy atom. The van der Waals surface area contributed by atoms with Crippen molar-refractivity contribution >= 4 is 23.3 Å². The van der Waals surface area contributed by atoms with Crippen LogP contribution < -0.4 is 10.2 Å². The molecule has 158 valence electrons. The summed E-state index contributed by atoms with van der Waals surface area (Å²) in [4.78, 5) is 24.7. The minimum absolute atomic E-state index is 0.0568. The molecule has 2 N–H and O–H groups in total. The van der Waals surface area contributed by atoms with Gasteiger partial charge in [-0.3, -0.25) is 9.59 Å². The van der Waals surface area contributed by atoms with Crippen LogP contribution in [0, 0.1) is 5.92 Å². The molecule has 1 aliphatic rings. The van der Waals surface area contributed by atoms with Gasteiger partial charge in [0.2, 0.25) is 5.91 Å². The van der Waals surface area contributed by atoms with Crippen LogP contribution >= 0.6 is 0 Å². The van der Waals surface area contributed by atoms with Crippen molar-refractivity contribution in [3.05, 3.63) is 71.8 Å². The number of carboxylic acid groups (broad SMARTS) is 1. The molecule has 2 aromatic carbocycles. The van der Waals surface area contributed by atoms with Crippen LogP contribution in [0.5, 0.6) is 0 Å². The van der Waals surface area contributed by atoms with E-state index in [-0.39, 0.29) is 18.2 Å². The molecule has 0 unspecified atom stereocenters. The Balaban J connectivity index is 1.98. The molecule has 1 amide bonds. The van der Waals surface area contributed by atoms with Gasteiger partial charge in [-0.1, -0.05) is 18.7 Å². The van der Waals surface area contributed by atoms with Crippen molar-refractivity contribution in [1.82, 2.24) is 5.32 Å². The molecule has 0 saturated heterocycles. The molecule has 5 nitrogen and oxygen atoms in total. The predicted molar refractivity (Wildman–Crippen MR) is 107 cm³/mol. The molecule has 0 aromatic heterocycles. The van der Waals surface area contributed by atoms with E-state index in [2.05, 4.69) is 11.9 Å². The smallest absolute Gasteiger partial charge is 0.416 e. The molecular weight excluding hydrogens is 397 g/mol. The van der Waals surface area contributed by atoms with E-state index in [0.29, 0.717) is 30.8 Å². The number of carbonyl (C=O) groups is 2. The summed E-state index contributed by atoms with van der Waals surface area (Å²) in [7, 11) is 0. The summed E-state index contributed by atoms with van der Waals surface area (Å²) in [6.45, 7) is 4.22. The molecule has 30 heavy (non-hydrogen) atoms. The minimum atomic E-state index is -4.43. The van der Waals surface area contributed by atoms with Crippen molar-refractivity contribution in [2.24, 2.45) is 5.92 Å². The molecule has 0 bridgehead atoms. The minimum Gasteiger partial charge on any atom is -0.481 e. The number of fused-ring (bicyclic) bond motifs is 1. The first-order chi connectivity index (χ1) is 14.2. The van der Waals surface area contributed by atoms with Gasteiger partial charge in [-0.15, -0.1) is 0 Å². The van der Waals surface area contributed by atoms with Gasteiger partial charge in [0.05, 0.1) is 12.0 Å². The number of amides is 1. The number of anilines is 2. The van der Waals surface area contributed by atoms with Crippen LogP contribution in [-0.4, -0.2) is 30.1 Å². The van der Waals surface area contributed by atoms with Crippen molar-refractivity contribution in [2.45, 2.75) is 19.0 Å². The normalized spacial score (nSPS) is 16.0. The predicted octanol–water partition coefficient (Wildman–Crippen LogP) is 3.95. The highest BCUT2D eigenvalue weighted by Crippen LogP contribution is 2.38. The fourth-order valence-electron chi connectivity index (χ4n) is 3.68. The lowest BCUT2D eigenvalue weighted by molar-refractivity contribution is -0.138. The summed E-state index contributed by atoms with van der Waals surface area (Å²) in [6, 6.07) is 10.2. The van der Waals surface area contributed by atoms with Crippen LogP contribution in [-0.2, 0) is 28.6 Å². The summed E-state index contributed by atoms with van der Waals surface area (Å²) in [6.07, 6.45) is -2.87. The molecule has 8 heteroatoms. The van der Waals surface area contributed by atoms with Gasteiger partial charge in [-0.25, -0.2) is 0 Å². The molecule has 1 heterocycles. The number of carboxylic acids is 1. The van der Waals surface area contributed by atoms with Gasteiger partial charge in [-0.05, 0) is 59.9 Å². The second-order valence-electron chi connectivity index (χ2n) is 7.16. The maximum atomic E-state index is 12.9. The van der Waals surface area contributed by atoms with Gasteiger partial charge in [-0.2, -0.15) is 13.2 Å². The first kappa shape index (κ1) is 21.4. The lowest BCUT2D eigenvalue weighted by Gasteiger charge is -2.37. The zero-order chi connectivity index (χ0) is 21.9. The van der Waals surface area contributed by atoms with Crippen molar-refractivity contribution in [2.75, 3.05) is 18.0 Å². The highest BCUT2D eigenvalue weighted by Gasteiger charge is 2.31. The van der Waals surface area contributed by atoms with Crippen LogP contribution in [0.1, 0.15) is 16.7 Å². The number of halogens is 3. The summed E-state index contributed by atoms with van der Waals surface area (Å²) in [5.41, 5.74) is 2.06. The Kier molecular flexibility index (Phi) is 6.14. The molecule has 0 radical (unpaired) electrons. The first-order valence-corrected chi connectivity index (χ1v) is 9.36. The van der Waals surface area contributed by atoms with Crippen molar-refractivity contribution in [1.29, 1.82) is 0 Å². The first-order valence-electron chi connectivity index (χ1n) is 9.36. The average Bonchev–Trinajstić information content (AvgIpc) is 2.71. The van der Waals surface area contributed by atoms with Crippen molar-refractivity contribution in [3.8, 4) is 0 Å². The Morgan fingerprint density at radius 3 is 2.50 bits per heavy atom. The number of hydrogen-bond donors (Lipinski definition) is 2. The average molecular weight is 418 g/mol. The molecule has 0 saturated carbocycles. The van der Waals surface area contributed by atoms with Gasteiger partial charge in [0.25, 0.3) is 0 Å². The molecule has 1 aliphatic heterocycles. The lowest BCUT2D eigenvalue weighted by Crippen LogP contribution is -2.39. The van der Waals surface area contributed by atoms with E-state index in [4.69, 9.17) is 0 Å². The Labute approximate surface area is 171 Å². The number of benzene rings is 2. The van der Waals surface area contributed by atoms with Crippen LogP contribution in [0.4, 0.5) is 24.5 Å². The summed E-state index contributed by atoms with van der Waals surface area (Å²) < 4.78 is 38.8. The lowest BCUT2D eigenvalue weighted by atomic mass is 9.87. The number of nitrogens with one attached hydrogen (secondary N) is 1. The van der Waals surface area contributed by atoms with Gasteiger partial charge >= 0.3 is 12.1 Å². The van der Waals surface area contributed by atoms with E-state index in [1.165, 1.54) is 18.2 Å². The maximum absolute atomic E-state index is 12.9. The second-order valence-corrected chi connectivity index (χ2v) is 7.16.